The van der Waals surface area contributed by atoms with Gasteiger partial charge in [-0.2, -0.15) is 4.98 Å². The van der Waals surface area contributed by atoms with Gasteiger partial charge in [0.05, 0.1) is 10.7 Å². The highest BCUT2D eigenvalue weighted by molar-refractivity contribution is 6.33. The molecule has 1 aliphatic rings. The van der Waals surface area contributed by atoms with Gasteiger partial charge in [-0.15, -0.1) is 0 Å². The van der Waals surface area contributed by atoms with Gasteiger partial charge in [0.1, 0.15) is 5.82 Å². The Morgan fingerprint density at radius 1 is 0.964 bits per heavy atom. The van der Waals surface area contributed by atoms with Crippen LogP contribution in [0, 0.1) is 5.92 Å². The topological polar surface area (TPSA) is 53.1 Å². The summed E-state index contributed by atoms with van der Waals surface area (Å²) in [5, 5.41) is 7.14. The molecule has 144 valence electrons. The van der Waals surface area contributed by atoms with E-state index in [1.807, 2.05) is 30.3 Å². The molecule has 2 aromatic carbocycles. The second-order valence-electron chi connectivity index (χ2n) is 7.21. The normalized spacial score (nSPS) is 14.7. The minimum atomic E-state index is 0.539. The van der Waals surface area contributed by atoms with E-state index in [0.717, 1.165) is 30.4 Å². The standard InChI is InChI=1S/C22H24ClN5/c1-16-11-14-28(15-12-16)18-8-6-17(7-9-18)25-22-24-13-10-21(27-22)26-20-5-3-2-4-19(20)23/h2-10,13,16H,11-12,14-15H2,1H3,(H2,24,25,26,27). The molecular formula is C22H24ClN5. The van der Waals surface area contributed by atoms with E-state index in [4.69, 9.17) is 11.6 Å². The average Bonchev–Trinajstić information content (AvgIpc) is 2.71. The van der Waals surface area contributed by atoms with Crippen LogP contribution >= 0.6 is 11.6 Å². The molecule has 1 aliphatic heterocycles. The molecule has 0 unspecified atom stereocenters. The summed E-state index contributed by atoms with van der Waals surface area (Å²) in [6.07, 6.45) is 4.25. The third-order valence-electron chi connectivity index (χ3n) is 5.06. The molecule has 28 heavy (non-hydrogen) atoms. The Kier molecular flexibility index (Phi) is 5.63. The highest BCUT2D eigenvalue weighted by atomic mass is 35.5. The van der Waals surface area contributed by atoms with E-state index in [1.165, 1.54) is 18.5 Å². The van der Waals surface area contributed by atoms with Gasteiger partial charge in [-0.3, -0.25) is 0 Å². The average molecular weight is 394 g/mol. The smallest absolute Gasteiger partial charge is 0.229 e. The lowest BCUT2D eigenvalue weighted by Gasteiger charge is -2.32. The van der Waals surface area contributed by atoms with Gasteiger partial charge in [0.25, 0.3) is 0 Å². The SMILES string of the molecule is CC1CCN(c2ccc(Nc3nccc(Nc4ccccc4Cl)n3)cc2)CC1. The maximum atomic E-state index is 6.20. The van der Waals surface area contributed by atoms with Gasteiger partial charge in [-0.25, -0.2) is 4.98 Å². The molecule has 2 N–H and O–H groups in total. The van der Waals surface area contributed by atoms with Gasteiger partial charge < -0.3 is 15.5 Å². The van der Waals surface area contributed by atoms with E-state index in [1.54, 1.807) is 6.20 Å². The zero-order chi connectivity index (χ0) is 19.3. The number of benzene rings is 2. The number of piperidine rings is 1. The van der Waals surface area contributed by atoms with Crippen molar-refractivity contribution in [3.05, 3.63) is 65.8 Å². The summed E-state index contributed by atoms with van der Waals surface area (Å²) in [7, 11) is 0. The Morgan fingerprint density at radius 2 is 1.71 bits per heavy atom. The Balaban J connectivity index is 1.42. The fraction of sp³-hybridized carbons (Fsp3) is 0.273. The van der Waals surface area contributed by atoms with Crippen molar-refractivity contribution in [1.82, 2.24) is 9.97 Å². The molecule has 0 amide bonds. The Morgan fingerprint density at radius 3 is 2.46 bits per heavy atom. The number of anilines is 5. The van der Waals surface area contributed by atoms with Gasteiger partial charge in [-0.05, 0) is 61.2 Å². The molecule has 0 aliphatic carbocycles. The third kappa shape index (κ3) is 4.54. The van der Waals surface area contributed by atoms with E-state index in [2.05, 4.69) is 56.7 Å². The monoisotopic (exact) mass is 393 g/mol. The number of nitrogens with zero attached hydrogens (tertiary/aromatic N) is 3. The quantitative estimate of drug-likeness (QED) is 0.569. The summed E-state index contributed by atoms with van der Waals surface area (Å²) >= 11 is 6.20. The summed E-state index contributed by atoms with van der Waals surface area (Å²) in [6, 6.07) is 17.9. The summed E-state index contributed by atoms with van der Waals surface area (Å²) in [5.74, 6) is 2.06. The number of halogens is 1. The Bertz CT molecular complexity index is 920. The predicted octanol–water partition coefficient (Wildman–Crippen LogP) is 5.85. The van der Waals surface area contributed by atoms with E-state index < -0.39 is 0 Å². The van der Waals surface area contributed by atoms with Crippen LogP contribution in [0.3, 0.4) is 0 Å². The highest BCUT2D eigenvalue weighted by Gasteiger charge is 2.15. The molecule has 6 heteroatoms. The van der Waals surface area contributed by atoms with Crippen molar-refractivity contribution in [2.45, 2.75) is 19.8 Å². The van der Waals surface area contributed by atoms with Crippen molar-refractivity contribution in [2.75, 3.05) is 28.6 Å². The molecule has 0 bridgehead atoms. The van der Waals surface area contributed by atoms with Gasteiger partial charge in [0.15, 0.2) is 0 Å². The second kappa shape index (κ2) is 8.48. The van der Waals surface area contributed by atoms with Crippen LogP contribution in [0.4, 0.5) is 28.8 Å². The summed E-state index contributed by atoms with van der Waals surface area (Å²) in [4.78, 5) is 11.3. The van der Waals surface area contributed by atoms with Crippen molar-refractivity contribution in [2.24, 2.45) is 5.92 Å². The Labute approximate surface area is 170 Å². The first-order valence-corrected chi connectivity index (χ1v) is 10.0. The predicted molar refractivity (Wildman–Crippen MR) is 117 cm³/mol. The van der Waals surface area contributed by atoms with Crippen molar-refractivity contribution < 1.29 is 0 Å². The maximum absolute atomic E-state index is 6.20. The second-order valence-corrected chi connectivity index (χ2v) is 7.62. The van der Waals surface area contributed by atoms with Crippen LogP contribution in [0.15, 0.2) is 60.8 Å². The largest absolute Gasteiger partial charge is 0.372 e. The van der Waals surface area contributed by atoms with Crippen molar-refractivity contribution in [1.29, 1.82) is 0 Å². The van der Waals surface area contributed by atoms with Gasteiger partial charge in [0, 0.05) is 30.7 Å². The summed E-state index contributed by atoms with van der Waals surface area (Å²) in [5.41, 5.74) is 3.05. The first kappa shape index (κ1) is 18.6. The molecule has 0 atom stereocenters. The number of para-hydroxylation sites is 1. The minimum Gasteiger partial charge on any atom is -0.372 e. The first-order chi connectivity index (χ1) is 13.7. The van der Waals surface area contributed by atoms with E-state index in [-0.39, 0.29) is 0 Å². The van der Waals surface area contributed by atoms with Crippen LogP contribution in [0.2, 0.25) is 5.02 Å². The lowest BCUT2D eigenvalue weighted by Crippen LogP contribution is -2.32. The molecule has 5 nitrogen and oxygen atoms in total. The zero-order valence-corrected chi connectivity index (χ0v) is 16.7. The molecule has 1 aromatic heterocycles. The van der Waals surface area contributed by atoms with Crippen LogP contribution in [-0.4, -0.2) is 23.1 Å². The minimum absolute atomic E-state index is 0.539. The van der Waals surface area contributed by atoms with E-state index in [0.29, 0.717) is 16.8 Å². The molecule has 0 radical (unpaired) electrons. The number of nitrogens with one attached hydrogen (secondary N) is 2. The molecular weight excluding hydrogens is 370 g/mol. The van der Waals surface area contributed by atoms with Gasteiger partial charge in [0.2, 0.25) is 5.95 Å². The summed E-state index contributed by atoms with van der Waals surface area (Å²) in [6.45, 7) is 4.60. The maximum Gasteiger partial charge on any atom is 0.229 e. The number of hydrogen-bond donors (Lipinski definition) is 2. The molecule has 2 heterocycles. The van der Waals surface area contributed by atoms with Crippen LogP contribution in [0.25, 0.3) is 0 Å². The third-order valence-corrected chi connectivity index (χ3v) is 5.39. The van der Waals surface area contributed by atoms with Crippen LogP contribution in [0.5, 0.6) is 0 Å². The molecule has 1 fully saturated rings. The van der Waals surface area contributed by atoms with Crippen molar-refractivity contribution >= 4 is 40.4 Å². The van der Waals surface area contributed by atoms with E-state index >= 15 is 0 Å². The van der Waals surface area contributed by atoms with Crippen molar-refractivity contribution in [3.8, 4) is 0 Å². The van der Waals surface area contributed by atoms with Crippen LogP contribution in [0.1, 0.15) is 19.8 Å². The first-order valence-electron chi connectivity index (χ1n) is 9.64. The molecule has 0 spiro atoms. The lowest BCUT2D eigenvalue weighted by molar-refractivity contribution is 0.438. The molecule has 1 saturated heterocycles. The Hall–Kier alpha value is -2.79. The lowest BCUT2D eigenvalue weighted by atomic mass is 9.99. The van der Waals surface area contributed by atoms with Crippen LogP contribution in [-0.2, 0) is 0 Å². The van der Waals surface area contributed by atoms with Gasteiger partial charge >= 0.3 is 0 Å². The van der Waals surface area contributed by atoms with Crippen LogP contribution < -0.4 is 15.5 Å². The fourth-order valence-corrected chi connectivity index (χ4v) is 3.52. The number of rotatable bonds is 5. The molecule has 4 rings (SSSR count). The van der Waals surface area contributed by atoms with E-state index in [9.17, 15) is 0 Å². The van der Waals surface area contributed by atoms with Crippen molar-refractivity contribution in [3.63, 3.8) is 0 Å². The van der Waals surface area contributed by atoms with Gasteiger partial charge in [-0.1, -0.05) is 30.7 Å². The number of aromatic nitrogens is 2. The summed E-state index contributed by atoms with van der Waals surface area (Å²) < 4.78 is 0. The zero-order valence-electron chi connectivity index (χ0n) is 15.9. The number of hydrogen-bond acceptors (Lipinski definition) is 5. The molecule has 3 aromatic rings. The molecule has 0 saturated carbocycles. The highest BCUT2D eigenvalue weighted by Crippen LogP contribution is 2.26. The fourth-order valence-electron chi connectivity index (χ4n) is 3.34.